The summed E-state index contributed by atoms with van der Waals surface area (Å²) in [7, 11) is 0. The number of nitrogens with two attached hydrogens (primary N) is 1. The van der Waals surface area contributed by atoms with E-state index in [4.69, 9.17) is 17.3 Å². The van der Waals surface area contributed by atoms with E-state index >= 15 is 0 Å². The van der Waals surface area contributed by atoms with Gasteiger partial charge in [-0.3, -0.25) is 0 Å². The van der Waals surface area contributed by atoms with E-state index in [-0.39, 0.29) is 5.82 Å². The Kier molecular flexibility index (Phi) is 3.92. The molecule has 0 amide bonds. The maximum atomic E-state index is 13.4. The number of thioether (sulfide) groups is 1. The summed E-state index contributed by atoms with van der Waals surface area (Å²) in [5.74, 6) is 0.425. The fourth-order valence-electron chi connectivity index (χ4n) is 1.41. The average molecular weight is 268 g/mol. The molecule has 0 unspecified atom stereocenters. The van der Waals surface area contributed by atoms with Crippen molar-refractivity contribution in [3.8, 4) is 0 Å². The lowest BCUT2D eigenvalue weighted by atomic mass is 10.2. The zero-order valence-electron chi connectivity index (χ0n) is 8.99. The summed E-state index contributed by atoms with van der Waals surface area (Å²) < 4.78 is 13.4. The van der Waals surface area contributed by atoms with Crippen LogP contribution in [0.25, 0.3) is 0 Å². The van der Waals surface area contributed by atoms with E-state index in [1.165, 1.54) is 17.8 Å². The molecule has 4 heteroatoms. The molecule has 2 aromatic carbocycles. The van der Waals surface area contributed by atoms with Crippen LogP contribution in [0.1, 0.15) is 5.56 Å². The van der Waals surface area contributed by atoms with Crippen molar-refractivity contribution in [2.45, 2.75) is 10.6 Å². The molecule has 0 saturated heterocycles. The third-order valence-corrected chi connectivity index (χ3v) is 3.66. The largest absolute Gasteiger partial charge is 0.398 e. The van der Waals surface area contributed by atoms with Crippen LogP contribution >= 0.6 is 23.4 Å². The molecule has 0 heterocycles. The second-order valence-corrected chi connectivity index (χ2v) is 5.02. The van der Waals surface area contributed by atoms with Gasteiger partial charge in [0, 0.05) is 21.4 Å². The second-order valence-electron chi connectivity index (χ2n) is 3.56. The van der Waals surface area contributed by atoms with Gasteiger partial charge in [-0.1, -0.05) is 29.8 Å². The van der Waals surface area contributed by atoms with Crippen LogP contribution in [-0.2, 0) is 5.75 Å². The van der Waals surface area contributed by atoms with Gasteiger partial charge in [0.05, 0.1) is 0 Å². The van der Waals surface area contributed by atoms with Gasteiger partial charge in [-0.2, -0.15) is 0 Å². The highest BCUT2D eigenvalue weighted by Crippen LogP contribution is 2.28. The summed E-state index contributed by atoms with van der Waals surface area (Å²) in [4.78, 5) is 0.627. The lowest BCUT2D eigenvalue weighted by Gasteiger charge is -2.06. The van der Waals surface area contributed by atoms with E-state index in [2.05, 4.69) is 0 Å². The first-order valence-corrected chi connectivity index (χ1v) is 6.44. The number of benzene rings is 2. The first kappa shape index (κ1) is 12.3. The summed E-state index contributed by atoms with van der Waals surface area (Å²) in [6.45, 7) is 0. The van der Waals surface area contributed by atoms with Crippen molar-refractivity contribution in [3.05, 3.63) is 58.9 Å². The Morgan fingerprint density at radius 2 is 1.94 bits per heavy atom. The molecule has 1 nitrogen and oxygen atoms in total. The van der Waals surface area contributed by atoms with E-state index in [0.717, 1.165) is 5.56 Å². The van der Waals surface area contributed by atoms with Crippen molar-refractivity contribution in [2.24, 2.45) is 0 Å². The van der Waals surface area contributed by atoms with Crippen molar-refractivity contribution in [3.63, 3.8) is 0 Å². The van der Waals surface area contributed by atoms with Gasteiger partial charge in [-0.05, 0) is 29.8 Å². The molecule has 0 spiro atoms. The van der Waals surface area contributed by atoms with E-state index in [1.807, 2.05) is 12.1 Å². The minimum Gasteiger partial charge on any atom is -0.398 e. The zero-order valence-corrected chi connectivity index (χ0v) is 10.6. The highest BCUT2D eigenvalue weighted by atomic mass is 35.5. The van der Waals surface area contributed by atoms with E-state index < -0.39 is 0 Å². The number of anilines is 1. The fourth-order valence-corrected chi connectivity index (χ4v) is 2.55. The molecule has 2 aromatic rings. The molecule has 0 aliphatic rings. The Bertz CT molecular complexity index is 531. The smallest absolute Gasteiger partial charge is 0.136 e. The van der Waals surface area contributed by atoms with Gasteiger partial charge in [0.25, 0.3) is 0 Å². The number of halogens is 2. The summed E-state index contributed by atoms with van der Waals surface area (Å²) in [5.41, 5.74) is 7.43. The molecule has 88 valence electrons. The van der Waals surface area contributed by atoms with Gasteiger partial charge in [0.1, 0.15) is 5.82 Å². The third kappa shape index (κ3) is 3.14. The first-order valence-electron chi connectivity index (χ1n) is 5.08. The van der Waals surface area contributed by atoms with Crippen molar-refractivity contribution in [1.82, 2.24) is 0 Å². The highest BCUT2D eigenvalue weighted by molar-refractivity contribution is 7.98. The highest BCUT2D eigenvalue weighted by Gasteiger charge is 2.04. The molecule has 0 aliphatic carbocycles. The Balaban J connectivity index is 2.10. The average Bonchev–Trinajstić information content (AvgIpc) is 2.30. The Morgan fingerprint density at radius 1 is 1.18 bits per heavy atom. The van der Waals surface area contributed by atoms with Crippen molar-refractivity contribution in [1.29, 1.82) is 0 Å². The topological polar surface area (TPSA) is 26.0 Å². The molecule has 0 atom stereocenters. The van der Waals surface area contributed by atoms with Gasteiger partial charge in [0.15, 0.2) is 0 Å². The quantitative estimate of drug-likeness (QED) is 0.661. The fraction of sp³-hybridized carbons (Fsp3) is 0.0769. The minimum atomic E-state index is -0.204. The Morgan fingerprint density at radius 3 is 2.65 bits per heavy atom. The minimum absolute atomic E-state index is 0.204. The molecule has 0 fully saturated rings. The summed E-state index contributed by atoms with van der Waals surface area (Å²) in [6, 6.07) is 12.1. The van der Waals surface area contributed by atoms with E-state index in [0.29, 0.717) is 21.4 Å². The zero-order chi connectivity index (χ0) is 12.3. The monoisotopic (exact) mass is 267 g/mol. The van der Waals surface area contributed by atoms with Gasteiger partial charge >= 0.3 is 0 Å². The summed E-state index contributed by atoms with van der Waals surface area (Å²) in [6.07, 6.45) is 0. The number of hydrogen-bond acceptors (Lipinski definition) is 2. The molecule has 0 aromatic heterocycles. The van der Waals surface area contributed by atoms with Crippen molar-refractivity contribution >= 4 is 29.1 Å². The first-order chi connectivity index (χ1) is 8.16. The van der Waals surface area contributed by atoms with Gasteiger partial charge < -0.3 is 5.73 Å². The number of nitrogen functional groups attached to an aromatic ring is 1. The molecular formula is C13H11ClFNS. The van der Waals surface area contributed by atoms with Gasteiger partial charge in [0.2, 0.25) is 0 Å². The maximum absolute atomic E-state index is 13.4. The van der Waals surface area contributed by atoms with Crippen LogP contribution in [0.2, 0.25) is 5.02 Å². The second kappa shape index (κ2) is 5.43. The molecule has 0 aliphatic heterocycles. The predicted octanol–water partition coefficient (Wildman–Crippen LogP) is 4.35. The maximum Gasteiger partial charge on any atom is 0.136 e. The number of rotatable bonds is 3. The van der Waals surface area contributed by atoms with Gasteiger partial charge in [-0.25, -0.2) is 4.39 Å². The van der Waals surface area contributed by atoms with E-state index in [9.17, 15) is 4.39 Å². The molecule has 17 heavy (non-hydrogen) atoms. The van der Waals surface area contributed by atoms with Crippen LogP contribution in [-0.4, -0.2) is 0 Å². The molecule has 2 rings (SSSR count). The predicted molar refractivity (Wildman–Crippen MR) is 71.8 cm³/mol. The standard InChI is InChI=1S/C13H11ClFNS/c14-10-6-5-9(12(16)7-10)8-17-13-4-2-1-3-11(13)15/h1-7H,8,16H2. The number of hydrogen-bond donors (Lipinski definition) is 1. The van der Waals surface area contributed by atoms with Crippen LogP contribution < -0.4 is 5.73 Å². The third-order valence-electron chi connectivity index (χ3n) is 2.33. The molecule has 0 bridgehead atoms. The van der Waals surface area contributed by atoms with Crippen LogP contribution in [0.15, 0.2) is 47.4 Å². The van der Waals surface area contributed by atoms with Crippen LogP contribution in [0.5, 0.6) is 0 Å². The SMILES string of the molecule is Nc1cc(Cl)ccc1CSc1ccccc1F. The van der Waals surface area contributed by atoms with Crippen LogP contribution in [0.4, 0.5) is 10.1 Å². The Hall–Kier alpha value is -1.19. The van der Waals surface area contributed by atoms with Crippen molar-refractivity contribution in [2.75, 3.05) is 5.73 Å². The molecule has 0 radical (unpaired) electrons. The Labute approximate surface area is 109 Å². The normalized spacial score (nSPS) is 10.5. The summed E-state index contributed by atoms with van der Waals surface area (Å²) >= 11 is 7.23. The van der Waals surface area contributed by atoms with E-state index in [1.54, 1.807) is 24.3 Å². The lowest BCUT2D eigenvalue weighted by molar-refractivity contribution is 0.602. The summed E-state index contributed by atoms with van der Waals surface area (Å²) in [5, 5.41) is 0.613. The molecule has 0 saturated carbocycles. The van der Waals surface area contributed by atoms with Crippen molar-refractivity contribution < 1.29 is 4.39 Å². The van der Waals surface area contributed by atoms with Gasteiger partial charge in [-0.15, -0.1) is 11.8 Å². The van der Waals surface area contributed by atoms with Crippen LogP contribution in [0.3, 0.4) is 0 Å². The molecular weight excluding hydrogens is 257 g/mol. The molecule has 2 N–H and O–H groups in total. The lowest BCUT2D eigenvalue weighted by Crippen LogP contribution is -1.92. The van der Waals surface area contributed by atoms with Crippen LogP contribution in [0, 0.1) is 5.82 Å².